The van der Waals surface area contributed by atoms with Crippen molar-refractivity contribution in [2.24, 2.45) is 0 Å². The van der Waals surface area contributed by atoms with E-state index in [0.717, 1.165) is 5.56 Å². The molecule has 0 aliphatic heterocycles. The second kappa shape index (κ2) is 6.32. The lowest BCUT2D eigenvalue weighted by molar-refractivity contribution is -0.139. The molecule has 94 valence electrons. The van der Waals surface area contributed by atoms with Crippen LogP contribution in [0.15, 0.2) is 24.3 Å². The largest absolute Gasteiger partial charge is 0.481 e. The Labute approximate surface area is 99.1 Å². The van der Waals surface area contributed by atoms with Crippen molar-refractivity contribution in [2.75, 3.05) is 6.54 Å². The van der Waals surface area contributed by atoms with E-state index in [9.17, 15) is 14.3 Å². The lowest BCUT2D eigenvalue weighted by atomic mass is 10.1. The van der Waals surface area contributed by atoms with Crippen molar-refractivity contribution >= 4 is 5.97 Å². The Morgan fingerprint density at radius 1 is 1.53 bits per heavy atom. The van der Waals surface area contributed by atoms with Gasteiger partial charge in [-0.3, -0.25) is 4.79 Å². The third-order valence-corrected chi connectivity index (χ3v) is 2.42. The number of rotatable bonds is 6. The second-order valence-electron chi connectivity index (χ2n) is 3.94. The van der Waals surface area contributed by atoms with Gasteiger partial charge in [0.25, 0.3) is 0 Å². The lowest BCUT2D eigenvalue weighted by Crippen LogP contribution is -2.30. The minimum absolute atomic E-state index is 0.144. The first kappa shape index (κ1) is 13.6. The summed E-state index contributed by atoms with van der Waals surface area (Å²) in [7, 11) is 0. The molecule has 2 atom stereocenters. The zero-order valence-electron chi connectivity index (χ0n) is 9.56. The molecule has 0 spiro atoms. The van der Waals surface area contributed by atoms with Gasteiger partial charge in [0.1, 0.15) is 5.82 Å². The van der Waals surface area contributed by atoms with Crippen molar-refractivity contribution in [1.29, 1.82) is 0 Å². The molecule has 0 aliphatic rings. The van der Waals surface area contributed by atoms with Crippen LogP contribution in [0.1, 0.15) is 24.9 Å². The molecule has 0 fully saturated rings. The Balaban J connectivity index is 2.44. The van der Waals surface area contributed by atoms with E-state index < -0.39 is 12.1 Å². The van der Waals surface area contributed by atoms with E-state index >= 15 is 0 Å². The van der Waals surface area contributed by atoms with Gasteiger partial charge in [-0.1, -0.05) is 12.1 Å². The van der Waals surface area contributed by atoms with E-state index in [1.54, 1.807) is 12.1 Å². The van der Waals surface area contributed by atoms with Crippen LogP contribution in [0, 0.1) is 5.82 Å². The molecule has 0 aromatic heterocycles. The molecule has 17 heavy (non-hydrogen) atoms. The summed E-state index contributed by atoms with van der Waals surface area (Å²) in [6.45, 7) is 1.98. The number of hydrogen-bond donors (Lipinski definition) is 3. The van der Waals surface area contributed by atoms with Crippen molar-refractivity contribution in [3.05, 3.63) is 35.6 Å². The summed E-state index contributed by atoms with van der Waals surface area (Å²) in [4.78, 5) is 10.3. The van der Waals surface area contributed by atoms with Crippen molar-refractivity contribution < 1.29 is 19.4 Å². The van der Waals surface area contributed by atoms with Crippen LogP contribution in [0.4, 0.5) is 4.39 Å². The van der Waals surface area contributed by atoms with Gasteiger partial charge in [0, 0.05) is 12.6 Å². The zero-order chi connectivity index (χ0) is 12.8. The highest BCUT2D eigenvalue weighted by Crippen LogP contribution is 2.13. The standard InChI is InChI=1S/C12H16FNO3/c1-8(9-3-2-4-10(13)5-9)14-7-11(15)6-12(16)17/h2-5,8,11,14-15H,6-7H2,1H3,(H,16,17)/t8-,11?/m0/s1. The normalized spacial score (nSPS) is 14.3. The maximum absolute atomic E-state index is 12.9. The fraction of sp³-hybridized carbons (Fsp3) is 0.417. The molecule has 0 bridgehead atoms. The molecule has 0 heterocycles. The van der Waals surface area contributed by atoms with Crippen molar-refractivity contribution in [3.63, 3.8) is 0 Å². The highest BCUT2D eigenvalue weighted by Gasteiger charge is 2.12. The summed E-state index contributed by atoms with van der Waals surface area (Å²) in [6.07, 6.45) is -1.24. The molecule has 0 radical (unpaired) electrons. The van der Waals surface area contributed by atoms with Gasteiger partial charge >= 0.3 is 5.97 Å². The van der Waals surface area contributed by atoms with Gasteiger partial charge in [0.05, 0.1) is 12.5 Å². The second-order valence-corrected chi connectivity index (χ2v) is 3.94. The molecule has 1 aromatic carbocycles. The Morgan fingerprint density at radius 2 is 2.24 bits per heavy atom. The molecule has 0 aliphatic carbocycles. The first-order chi connectivity index (χ1) is 7.99. The highest BCUT2D eigenvalue weighted by molar-refractivity contribution is 5.67. The van der Waals surface area contributed by atoms with E-state index in [1.165, 1.54) is 12.1 Å². The molecule has 0 amide bonds. The highest BCUT2D eigenvalue weighted by atomic mass is 19.1. The summed E-state index contributed by atoms with van der Waals surface area (Å²) in [5.74, 6) is -1.36. The smallest absolute Gasteiger partial charge is 0.306 e. The van der Waals surface area contributed by atoms with Crippen LogP contribution in [0.3, 0.4) is 0 Å². The minimum atomic E-state index is -1.04. The number of aliphatic carboxylic acids is 1. The van der Waals surface area contributed by atoms with Crippen LogP contribution in [0.5, 0.6) is 0 Å². The number of carboxylic acids is 1. The molecular weight excluding hydrogens is 225 g/mol. The van der Waals surface area contributed by atoms with Gasteiger partial charge in [-0.05, 0) is 24.6 Å². The van der Waals surface area contributed by atoms with E-state index in [0.29, 0.717) is 0 Å². The Bertz CT molecular complexity index is 384. The molecule has 0 saturated carbocycles. The first-order valence-corrected chi connectivity index (χ1v) is 5.37. The van der Waals surface area contributed by atoms with Crippen molar-refractivity contribution in [3.8, 4) is 0 Å². The van der Waals surface area contributed by atoms with Crippen molar-refractivity contribution in [2.45, 2.75) is 25.5 Å². The summed E-state index contributed by atoms with van der Waals surface area (Å²) in [5, 5.41) is 20.8. The first-order valence-electron chi connectivity index (χ1n) is 5.37. The van der Waals surface area contributed by atoms with Gasteiger partial charge < -0.3 is 15.5 Å². The number of carbonyl (C=O) groups is 1. The Kier molecular flexibility index (Phi) is 5.06. The third-order valence-electron chi connectivity index (χ3n) is 2.42. The topological polar surface area (TPSA) is 69.6 Å². The predicted molar refractivity (Wildman–Crippen MR) is 61.1 cm³/mol. The SMILES string of the molecule is C[C@H](NCC(O)CC(=O)O)c1cccc(F)c1. The Hall–Kier alpha value is -1.46. The van der Waals surface area contributed by atoms with Gasteiger partial charge in [-0.15, -0.1) is 0 Å². The van der Waals surface area contributed by atoms with Gasteiger partial charge in [-0.2, -0.15) is 0 Å². The van der Waals surface area contributed by atoms with Crippen LogP contribution in [0.25, 0.3) is 0 Å². The number of halogens is 1. The number of aliphatic hydroxyl groups excluding tert-OH is 1. The summed E-state index contributed by atoms with van der Waals surface area (Å²) in [6, 6.07) is 5.99. The predicted octanol–water partition coefficient (Wildman–Crippen LogP) is 1.31. The zero-order valence-corrected chi connectivity index (χ0v) is 9.56. The number of aliphatic hydroxyl groups is 1. The molecule has 4 nitrogen and oxygen atoms in total. The summed E-state index contributed by atoms with van der Waals surface area (Å²) < 4.78 is 12.9. The van der Waals surface area contributed by atoms with E-state index in [1.807, 2.05) is 6.92 Å². The monoisotopic (exact) mass is 241 g/mol. The number of benzene rings is 1. The van der Waals surface area contributed by atoms with E-state index in [-0.39, 0.29) is 24.8 Å². The molecule has 3 N–H and O–H groups in total. The fourth-order valence-corrected chi connectivity index (χ4v) is 1.48. The van der Waals surface area contributed by atoms with Crippen LogP contribution in [-0.2, 0) is 4.79 Å². The maximum Gasteiger partial charge on any atom is 0.306 e. The molecular formula is C12H16FNO3. The molecule has 1 unspecified atom stereocenters. The minimum Gasteiger partial charge on any atom is -0.481 e. The van der Waals surface area contributed by atoms with Crippen LogP contribution in [0.2, 0.25) is 0 Å². The van der Waals surface area contributed by atoms with Crippen LogP contribution >= 0.6 is 0 Å². The van der Waals surface area contributed by atoms with Crippen LogP contribution < -0.4 is 5.32 Å². The third kappa shape index (κ3) is 4.93. The average molecular weight is 241 g/mol. The fourth-order valence-electron chi connectivity index (χ4n) is 1.48. The Morgan fingerprint density at radius 3 is 2.82 bits per heavy atom. The molecule has 0 saturated heterocycles. The average Bonchev–Trinajstić information content (AvgIpc) is 2.25. The van der Waals surface area contributed by atoms with Gasteiger partial charge in [0.15, 0.2) is 0 Å². The lowest BCUT2D eigenvalue weighted by Gasteiger charge is -2.16. The molecule has 5 heteroatoms. The number of hydrogen-bond acceptors (Lipinski definition) is 3. The summed E-state index contributed by atoms with van der Waals surface area (Å²) in [5.41, 5.74) is 0.757. The van der Waals surface area contributed by atoms with E-state index in [2.05, 4.69) is 5.32 Å². The quantitative estimate of drug-likeness (QED) is 0.702. The van der Waals surface area contributed by atoms with Gasteiger partial charge in [0.2, 0.25) is 0 Å². The molecule has 1 rings (SSSR count). The van der Waals surface area contributed by atoms with Crippen LogP contribution in [-0.4, -0.2) is 28.8 Å². The maximum atomic E-state index is 12.9. The number of carboxylic acid groups (broad SMARTS) is 1. The molecule has 1 aromatic rings. The number of nitrogens with one attached hydrogen (secondary N) is 1. The van der Waals surface area contributed by atoms with Crippen molar-refractivity contribution in [1.82, 2.24) is 5.32 Å². The summed E-state index contributed by atoms with van der Waals surface area (Å²) >= 11 is 0. The van der Waals surface area contributed by atoms with E-state index in [4.69, 9.17) is 5.11 Å². The van der Waals surface area contributed by atoms with Gasteiger partial charge in [-0.25, -0.2) is 4.39 Å².